The Morgan fingerprint density at radius 1 is 0.818 bits per heavy atom. The molecule has 1 heterocycles. The van der Waals surface area contributed by atoms with Crippen molar-refractivity contribution in [1.82, 2.24) is 4.90 Å². The first-order valence-corrected chi connectivity index (χ1v) is 11.4. The summed E-state index contributed by atoms with van der Waals surface area (Å²) in [5.41, 5.74) is 2.91. The quantitative estimate of drug-likeness (QED) is 0.398. The van der Waals surface area contributed by atoms with Crippen LogP contribution in [-0.2, 0) is 11.3 Å². The van der Waals surface area contributed by atoms with E-state index in [0.29, 0.717) is 16.8 Å². The molecule has 4 aromatic rings. The normalized spacial score (nSPS) is 16.1. The number of likely N-dealkylation sites (tertiary alicyclic amines) is 1. The van der Waals surface area contributed by atoms with Crippen LogP contribution < -0.4 is 5.32 Å². The molecular weight excluding hydrogens is 408 g/mol. The lowest BCUT2D eigenvalue weighted by molar-refractivity contribution is -0.120. The van der Waals surface area contributed by atoms with Gasteiger partial charge in [-0.3, -0.25) is 14.5 Å². The predicted molar refractivity (Wildman–Crippen MR) is 132 cm³/mol. The average Bonchev–Trinajstić information content (AvgIpc) is 3.33. The Morgan fingerprint density at radius 3 is 2.42 bits per heavy atom. The van der Waals surface area contributed by atoms with Gasteiger partial charge in [0.15, 0.2) is 5.78 Å². The number of ketones is 1. The minimum absolute atomic E-state index is 0.0546. The maximum Gasteiger partial charge on any atom is 0.241 e. The highest BCUT2D eigenvalue weighted by Crippen LogP contribution is 2.26. The lowest BCUT2D eigenvalue weighted by Crippen LogP contribution is -2.39. The van der Waals surface area contributed by atoms with Crippen molar-refractivity contribution in [3.8, 4) is 0 Å². The molecule has 0 saturated carbocycles. The second kappa shape index (κ2) is 9.39. The minimum Gasteiger partial charge on any atom is -0.324 e. The van der Waals surface area contributed by atoms with Gasteiger partial charge in [0.1, 0.15) is 0 Å². The lowest BCUT2D eigenvalue weighted by Gasteiger charge is -2.25. The van der Waals surface area contributed by atoms with Gasteiger partial charge in [0.05, 0.1) is 11.7 Å². The summed E-state index contributed by atoms with van der Waals surface area (Å²) < 4.78 is 0. The van der Waals surface area contributed by atoms with Crippen LogP contribution in [0.1, 0.15) is 34.3 Å². The van der Waals surface area contributed by atoms with Gasteiger partial charge in [-0.15, -0.1) is 0 Å². The first kappa shape index (κ1) is 21.1. The van der Waals surface area contributed by atoms with Gasteiger partial charge >= 0.3 is 0 Å². The standard InChI is InChI=1S/C29H26N2O2/c32-28(22-11-2-1-3-12-22)25-16-6-7-17-26(25)30-29(33)27-18-9-19-31(27)20-23-14-8-13-21-10-4-5-15-24(21)23/h1-8,10-17,27H,9,18-20H2,(H,30,33)/t27-/m0/s1. The second-order valence-electron chi connectivity index (χ2n) is 8.50. The average molecular weight is 435 g/mol. The van der Waals surface area contributed by atoms with Crippen LogP contribution in [-0.4, -0.2) is 29.2 Å². The molecule has 4 nitrogen and oxygen atoms in total. The molecule has 1 aliphatic heterocycles. The molecule has 1 saturated heterocycles. The van der Waals surface area contributed by atoms with Crippen LogP contribution >= 0.6 is 0 Å². The van der Waals surface area contributed by atoms with E-state index in [1.807, 2.05) is 36.4 Å². The van der Waals surface area contributed by atoms with Gasteiger partial charge in [-0.25, -0.2) is 0 Å². The van der Waals surface area contributed by atoms with Crippen LogP contribution in [0.25, 0.3) is 10.8 Å². The van der Waals surface area contributed by atoms with Gasteiger partial charge < -0.3 is 5.32 Å². The minimum atomic E-state index is -0.219. The molecule has 5 rings (SSSR count). The number of para-hydroxylation sites is 1. The van der Waals surface area contributed by atoms with Gasteiger partial charge in [0.2, 0.25) is 5.91 Å². The van der Waals surface area contributed by atoms with Crippen molar-refractivity contribution < 1.29 is 9.59 Å². The molecule has 164 valence electrons. The first-order chi connectivity index (χ1) is 16.2. The van der Waals surface area contributed by atoms with Crippen molar-refractivity contribution in [2.45, 2.75) is 25.4 Å². The zero-order valence-corrected chi connectivity index (χ0v) is 18.4. The monoisotopic (exact) mass is 434 g/mol. The summed E-state index contributed by atoms with van der Waals surface area (Å²) in [5.74, 6) is -0.147. The summed E-state index contributed by atoms with van der Waals surface area (Å²) in [4.78, 5) is 28.6. The zero-order chi connectivity index (χ0) is 22.6. The Balaban J connectivity index is 1.35. The van der Waals surface area contributed by atoms with Gasteiger partial charge in [0.25, 0.3) is 0 Å². The lowest BCUT2D eigenvalue weighted by atomic mass is 10.0. The molecule has 4 aromatic carbocycles. The van der Waals surface area contributed by atoms with E-state index in [4.69, 9.17) is 0 Å². The number of hydrogen-bond acceptors (Lipinski definition) is 3. The Morgan fingerprint density at radius 2 is 1.55 bits per heavy atom. The maximum atomic E-state index is 13.3. The number of anilines is 1. The maximum absolute atomic E-state index is 13.3. The highest BCUT2D eigenvalue weighted by atomic mass is 16.2. The molecule has 1 fully saturated rings. The Labute approximate surface area is 193 Å². The molecule has 1 N–H and O–H groups in total. The van der Waals surface area contributed by atoms with Crippen molar-refractivity contribution in [3.63, 3.8) is 0 Å². The van der Waals surface area contributed by atoms with E-state index in [0.717, 1.165) is 25.9 Å². The van der Waals surface area contributed by atoms with Crippen LogP contribution in [0.15, 0.2) is 97.1 Å². The number of amides is 1. The largest absolute Gasteiger partial charge is 0.324 e. The number of hydrogen-bond donors (Lipinski definition) is 1. The predicted octanol–water partition coefficient (Wildman–Crippen LogP) is 5.67. The van der Waals surface area contributed by atoms with Crippen LogP contribution in [0.4, 0.5) is 5.69 Å². The molecule has 0 radical (unpaired) electrons. The third kappa shape index (κ3) is 4.43. The van der Waals surface area contributed by atoms with Crippen molar-refractivity contribution in [2.24, 2.45) is 0 Å². The Hall–Kier alpha value is -3.76. The first-order valence-electron chi connectivity index (χ1n) is 11.4. The van der Waals surface area contributed by atoms with E-state index in [9.17, 15) is 9.59 Å². The summed E-state index contributed by atoms with van der Waals surface area (Å²) in [5, 5.41) is 5.49. The summed E-state index contributed by atoms with van der Waals surface area (Å²) in [6.45, 7) is 1.61. The third-order valence-electron chi connectivity index (χ3n) is 6.39. The van der Waals surface area contributed by atoms with Crippen molar-refractivity contribution in [1.29, 1.82) is 0 Å². The number of carbonyl (C=O) groups is 2. The summed E-state index contributed by atoms with van der Waals surface area (Å²) >= 11 is 0. The molecule has 4 heteroatoms. The SMILES string of the molecule is O=C(c1ccccc1)c1ccccc1NC(=O)[C@@H]1CCCN1Cc1cccc2ccccc12. The van der Waals surface area contributed by atoms with Crippen LogP contribution in [0.5, 0.6) is 0 Å². The van der Waals surface area contributed by atoms with Crippen LogP contribution in [0, 0.1) is 0 Å². The number of fused-ring (bicyclic) bond motifs is 1. The van der Waals surface area contributed by atoms with Gasteiger partial charge in [-0.1, -0.05) is 84.9 Å². The fourth-order valence-electron chi connectivity index (χ4n) is 4.71. The van der Waals surface area contributed by atoms with E-state index >= 15 is 0 Å². The summed E-state index contributed by atoms with van der Waals surface area (Å²) in [6.07, 6.45) is 1.79. The van der Waals surface area contributed by atoms with E-state index < -0.39 is 0 Å². The van der Waals surface area contributed by atoms with Gasteiger partial charge in [0, 0.05) is 17.7 Å². The number of rotatable bonds is 6. The van der Waals surface area contributed by atoms with Gasteiger partial charge in [-0.2, -0.15) is 0 Å². The molecular formula is C29H26N2O2. The number of nitrogens with zero attached hydrogens (tertiary/aromatic N) is 1. The summed E-state index contributed by atoms with van der Waals surface area (Å²) in [7, 11) is 0. The van der Waals surface area contributed by atoms with Gasteiger partial charge in [-0.05, 0) is 47.9 Å². The van der Waals surface area contributed by atoms with Crippen molar-refractivity contribution in [2.75, 3.05) is 11.9 Å². The zero-order valence-electron chi connectivity index (χ0n) is 18.4. The van der Waals surface area contributed by atoms with Crippen molar-refractivity contribution >= 4 is 28.2 Å². The number of nitrogens with one attached hydrogen (secondary N) is 1. The molecule has 33 heavy (non-hydrogen) atoms. The van der Waals surface area contributed by atoms with E-state index in [1.165, 1.54) is 16.3 Å². The molecule has 1 aliphatic rings. The fourth-order valence-corrected chi connectivity index (χ4v) is 4.71. The molecule has 1 amide bonds. The van der Waals surface area contributed by atoms with Crippen LogP contribution in [0.2, 0.25) is 0 Å². The Bertz CT molecular complexity index is 1290. The highest BCUT2D eigenvalue weighted by Gasteiger charge is 2.31. The molecule has 0 aromatic heterocycles. The topological polar surface area (TPSA) is 49.4 Å². The highest BCUT2D eigenvalue weighted by molar-refractivity contribution is 6.14. The van der Waals surface area contributed by atoms with E-state index in [-0.39, 0.29) is 17.7 Å². The second-order valence-corrected chi connectivity index (χ2v) is 8.50. The molecule has 1 atom stereocenters. The molecule has 0 aliphatic carbocycles. The molecule has 0 bridgehead atoms. The Kier molecular flexibility index (Phi) is 6.01. The van der Waals surface area contributed by atoms with Crippen molar-refractivity contribution in [3.05, 3.63) is 114 Å². The fraction of sp³-hybridized carbons (Fsp3) is 0.172. The molecule has 0 unspecified atom stereocenters. The number of benzene rings is 4. The van der Waals surface area contributed by atoms with Crippen LogP contribution in [0.3, 0.4) is 0 Å². The number of carbonyl (C=O) groups excluding carboxylic acids is 2. The smallest absolute Gasteiger partial charge is 0.241 e. The molecule has 0 spiro atoms. The van der Waals surface area contributed by atoms with E-state index in [1.54, 1.807) is 24.3 Å². The third-order valence-corrected chi connectivity index (χ3v) is 6.39. The van der Waals surface area contributed by atoms with E-state index in [2.05, 4.69) is 46.6 Å². The summed E-state index contributed by atoms with van der Waals surface area (Å²) in [6, 6.07) is 30.9.